The van der Waals surface area contributed by atoms with E-state index in [1.807, 2.05) is 51.1 Å². The highest BCUT2D eigenvalue weighted by Gasteiger charge is 2.14. The Bertz CT molecular complexity index is 615. The second-order valence-corrected chi connectivity index (χ2v) is 4.65. The maximum absolute atomic E-state index is 12.3. The van der Waals surface area contributed by atoms with Gasteiger partial charge in [-0.3, -0.25) is 9.59 Å². The van der Waals surface area contributed by atoms with E-state index in [9.17, 15) is 9.59 Å². The predicted octanol–water partition coefficient (Wildman–Crippen LogP) is 5.44. The minimum absolute atomic E-state index is 0.0156. The molecular formula is C21H26O2. The Labute approximate surface area is 139 Å². The molecule has 2 rings (SSSR count). The number of carbonyl (C=O) groups is 2. The van der Waals surface area contributed by atoms with E-state index >= 15 is 0 Å². The second kappa shape index (κ2) is 11.1. The summed E-state index contributed by atoms with van der Waals surface area (Å²) in [5.74, 6) is -0.0916. The van der Waals surface area contributed by atoms with Gasteiger partial charge in [0, 0.05) is 17.0 Å². The van der Waals surface area contributed by atoms with Crippen molar-refractivity contribution in [3.8, 4) is 0 Å². The van der Waals surface area contributed by atoms with Crippen LogP contribution in [0.25, 0.3) is 0 Å². The first-order valence-electron chi connectivity index (χ1n) is 7.79. The Morgan fingerprint density at radius 2 is 1.39 bits per heavy atom. The van der Waals surface area contributed by atoms with E-state index in [1.165, 1.54) is 0 Å². The summed E-state index contributed by atoms with van der Waals surface area (Å²) in [5.41, 5.74) is 2.17. The molecule has 2 heteroatoms. The van der Waals surface area contributed by atoms with E-state index in [4.69, 9.17) is 0 Å². The Morgan fingerprint density at radius 1 is 0.870 bits per heavy atom. The van der Waals surface area contributed by atoms with Crippen LogP contribution in [0.4, 0.5) is 0 Å². The molecule has 1 atom stereocenters. The van der Waals surface area contributed by atoms with Crippen LogP contribution in [0.5, 0.6) is 0 Å². The van der Waals surface area contributed by atoms with Crippen LogP contribution in [0, 0.1) is 0 Å². The standard InChI is InChI=1S/C17H16O2.C2H6.C2H4/c1-12(13(2)18)15-9-6-10-16(11-15)17(19)14-7-4-3-5-8-14;2*1-2/h3-12H,1-2H3;1-2H3;1-2H2. The fourth-order valence-corrected chi connectivity index (χ4v) is 1.94. The molecule has 0 heterocycles. The molecule has 0 bridgehead atoms. The summed E-state index contributed by atoms with van der Waals surface area (Å²) < 4.78 is 0. The fourth-order valence-electron chi connectivity index (χ4n) is 1.94. The van der Waals surface area contributed by atoms with Crippen LogP contribution in [-0.2, 0) is 4.79 Å². The summed E-state index contributed by atoms with van der Waals surface area (Å²) >= 11 is 0. The Balaban J connectivity index is 0.00000112. The molecule has 2 nitrogen and oxygen atoms in total. The highest BCUT2D eigenvalue weighted by molar-refractivity contribution is 6.09. The van der Waals surface area contributed by atoms with Gasteiger partial charge in [-0.05, 0) is 18.6 Å². The Kier molecular flexibility index (Phi) is 9.94. The molecule has 0 aliphatic heterocycles. The summed E-state index contributed by atoms with van der Waals surface area (Å²) in [6, 6.07) is 16.5. The van der Waals surface area contributed by atoms with Gasteiger partial charge in [-0.2, -0.15) is 0 Å². The summed E-state index contributed by atoms with van der Waals surface area (Å²) in [6.45, 7) is 13.4. The van der Waals surface area contributed by atoms with Crippen molar-refractivity contribution in [1.29, 1.82) is 0 Å². The van der Waals surface area contributed by atoms with Crippen molar-refractivity contribution in [2.75, 3.05) is 0 Å². The number of benzene rings is 2. The number of carbonyl (C=O) groups excluding carboxylic acids is 2. The van der Waals surface area contributed by atoms with Crippen LogP contribution in [0.3, 0.4) is 0 Å². The van der Waals surface area contributed by atoms with Gasteiger partial charge in [0.1, 0.15) is 5.78 Å². The summed E-state index contributed by atoms with van der Waals surface area (Å²) in [5, 5.41) is 0. The highest BCUT2D eigenvalue weighted by Crippen LogP contribution is 2.19. The van der Waals surface area contributed by atoms with Gasteiger partial charge >= 0.3 is 0 Å². The fraction of sp³-hybridized carbons (Fsp3) is 0.238. The lowest BCUT2D eigenvalue weighted by atomic mass is 9.94. The number of rotatable bonds is 4. The van der Waals surface area contributed by atoms with Gasteiger partial charge in [0.25, 0.3) is 0 Å². The van der Waals surface area contributed by atoms with E-state index in [1.54, 1.807) is 31.2 Å². The maximum atomic E-state index is 12.3. The average molecular weight is 310 g/mol. The van der Waals surface area contributed by atoms with Crippen molar-refractivity contribution in [2.24, 2.45) is 0 Å². The number of hydrogen-bond acceptors (Lipinski definition) is 2. The zero-order chi connectivity index (χ0) is 17.8. The molecule has 0 aliphatic carbocycles. The minimum atomic E-state index is -0.177. The molecule has 0 saturated heterocycles. The van der Waals surface area contributed by atoms with Gasteiger partial charge in [0.05, 0.1) is 0 Å². The third kappa shape index (κ3) is 6.03. The van der Waals surface area contributed by atoms with Crippen LogP contribution in [0.2, 0.25) is 0 Å². The van der Waals surface area contributed by atoms with Crippen molar-refractivity contribution < 1.29 is 9.59 Å². The van der Waals surface area contributed by atoms with E-state index in [0.29, 0.717) is 11.1 Å². The number of Topliss-reactive ketones (excluding diaryl/α,β-unsaturated/α-hetero) is 1. The molecule has 0 aromatic heterocycles. The van der Waals surface area contributed by atoms with Gasteiger partial charge in [-0.15, -0.1) is 13.2 Å². The van der Waals surface area contributed by atoms with Gasteiger partial charge < -0.3 is 0 Å². The Hall–Kier alpha value is -2.48. The molecule has 2 aromatic carbocycles. The molecule has 23 heavy (non-hydrogen) atoms. The normalized spacial score (nSPS) is 10.3. The molecule has 0 fully saturated rings. The molecule has 0 radical (unpaired) electrons. The van der Waals surface area contributed by atoms with E-state index < -0.39 is 0 Å². The topological polar surface area (TPSA) is 34.1 Å². The molecule has 0 saturated carbocycles. The summed E-state index contributed by atoms with van der Waals surface area (Å²) in [4.78, 5) is 23.7. The van der Waals surface area contributed by atoms with Crippen LogP contribution in [0.15, 0.2) is 67.8 Å². The Morgan fingerprint density at radius 3 is 1.91 bits per heavy atom. The largest absolute Gasteiger partial charge is 0.299 e. The number of hydrogen-bond donors (Lipinski definition) is 0. The molecule has 0 amide bonds. The number of ketones is 2. The van der Waals surface area contributed by atoms with E-state index in [2.05, 4.69) is 13.2 Å². The van der Waals surface area contributed by atoms with Crippen LogP contribution >= 0.6 is 0 Å². The molecule has 0 spiro atoms. The van der Waals surface area contributed by atoms with Crippen molar-refractivity contribution in [3.63, 3.8) is 0 Å². The monoisotopic (exact) mass is 310 g/mol. The highest BCUT2D eigenvalue weighted by atomic mass is 16.1. The van der Waals surface area contributed by atoms with Crippen LogP contribution < -0.4 is 0 Å². The molecule has 122 valence electrons. The van der Waals surface area contributed by atoms with Crippen molar-refractivity contribution in [3.05, 3.63) is 84.4 Å². The first-order valence-corrected chi connectivity index (χ1v) is 7.79. The smallest absolute Gasteiger partial charge is 0.193 e. The van der Waals surface area contributed by atoms with Crippen LogP contribution in [0.1, 0.15) is 55.1 Å². The van der Waals surface area contributed by atoms with Crippen LogP contribution in [-0.4, -0.2) is 11.6 Å². The second-order valence-electron chi connectivity index (χ2n) is 4.65. The third-order valence-electron chi connectivity index (χ3n) is 3.29. The molecule has 1 unspecified atom stereocenters. The molecule has 0 N–H and O–H groups in total. The quantitative estimate of drug-likeness (QED) is 0.556. The van der Waals surface area contributed by atoms with E-state index in [-0.39, 0.29) is 17.5 Å². The lowest BCUT2D eigenvalue weighted by molar-refractivity contribution is -0.118. The molecule has 2 aromatic rings. The van der Waals surface area contributed by atoms with Crippen molar-refractivity contribution in [2.45, 2.75) is 33.6 Å². The lowest BCUT2D eigenvalue weighted by Crippen LogP contribution is -2.07. The van der Waals surface area contributed by atoms with E-state index in [0.717, 1.165) is 5.56 Å². The minimum Gasteiger partial charge on any atom is -0.299 e. The molecular weight excluding hydrogens is 284 g/mol. The van der Waals surface area contributed by atoms with Gasteiger partial charge in [-0.1, -0.05) is 69.3 Å². The lowest BCUT2D eigenvalue weighted by Gasteiger charge is -2.09. The SMILES string of the molecule is C=C.CC.CC(=O)C(C)c1cccc(C(=O)c2ccccc2)c1. The average Bonchev–Trinajstić information content (AvgIpc) is 2.64. The molecule has 0 aliphatic rings. The zero-order valence-electron chi connectivity index (χ0n) is 14.5. The summed E-state index contributed by atoms with van der Waals surface area (Å²) in [6.07, 6.45) is 0. The summed E-state index contributed by atoms with van der Waals surface area (Å²) in [7, 11) is 0. The van der Waals surface area contributed by atoms with Crippen molar-refractivity contribution in [1.82, 2.24) is 0 Å². The maximum Gasteiger partial charge on any atom is 0.193 e. The van der Waals surface area contributed by atoms with Gasteiger partial charge in [0.15, 0.2) is 5.78 Å². The first kappa shape index (κ1) is 20.5. The zero-order valence-corrected chi connectivity index (χ0v) is 14.5. The third-order valence-corrected chi connectivity index (χ3v) is 3.29. The first-order chi connectivity index (χ1) is 11.1. The van der Waals surface area contributed by atoms with Crippen molar-refractivity contribution >= 4 is 11.6 Å². The van der Waals surface area contributed by atoms with Gasteiger partial charge in [0.2, 0.25) is 0 Å². The van der Waals surface area contributed by atoms with Gasteiger partial charge in [-0.25, -0.2) is 0 Å². The predicted molar refractivity (Wildman–Crippen MR) is 98.0 cm³/mol.